The predicted molar refractivity (Wildman–Crippen MR) is 79.4 cm³/mol. The molecule has 2 rings (SSSR count). The Balaban J connectivity index is 2.31. The number of hydrogen-bond acceptors (Lipinski definition) is 2. The molecular formula is C16H23N3. The number of hydrogen-bond donors (Lipinski definition) is 1. The molecule has 1 heterocycles. The molecule has 0 spiro atoms. The van der Waals surface area contributed by atoms with Gasteiger partial charge >= 0.3 is 0 Å². The van der Waals surface area contributed by atoms with Crippen molar-refractivity contribution in [3.63, 3.8) is 0 Å². The van der Waals surface area contributed by atoms with Gasteiger partial charge in [0.25, 0.3) is 0 Å². The van der Waals surface area contributed by atoms with E-state index < -0.39 is 0 Å². The molecule has 1 aromatic carbocycles. The SMILES string of the molecule is CCCNC(c1ccnn1-c1ccccc1)C(C)C. The topological polar surface area (TPSA) is 29.9 Å². The van der Waals surface area contributed by atoms with E-state index in [0.29, 0.717) is 12.0 Å². The van der Waals surface area contributed by atoms with Gasteiger partial charge in [0, 0.05) is 6.20 Å². The molecule has 0 saturated heterocycles. The predicted octanol–water partition coefficient (Wildman–Crippen LogP) is 3.57. The summed E-state index contributed by atoms with van der Waals surface area (Å²) in [6, 6.07) is 12.8. The summed E-state index contributed by atoms with van der Waals surface area (Å²) in [7, 11) is 0. The number of para-hydroxylation sites is 1. The van der Waals surface area contributed by atoms with Crippen LogP contribution in [0.15, 0.2) is 42.6 Å². The van der Waals surface area contributed by atoms with Crippen molar-refractivity contribution in [1.82, 2.24) is 15.1 Å². The molecular weight excluding hydrogens is 234 g/mol. The maximum atomic E-state index is 4.47. The van der Waals surface area contributed by atoms with Crippen LogP contribution in [-0.4, -0.2) is 16.3 Å². The summed E-state index contributed by atoms with van der Waals surface area (Å²) in [4.78, 5) is 0. The maximum absolute atomic E-state index is 4.47. The van der Waals surface area contributed by atoms with Gasteiger partial charge in [0.15, 0.2) is 0 Å². The Morgan fingerprint density at radius 2 is 1.89 bits per heavy atom. The zero-order valence-electron chi connectivity index (χ0n) is 12.0. The van der Waals surface area contributed by atoms with Crippen molar-refractivity contribution in [1.29, 1.82) is 0 Å². The normalized spacial score (nSPS) is 12.8. The number of rotatable bonds is 6. The van der Waals surface area contributed by atoms with Gasteiger partial charge in [-0.05, 0) is 37.1 Å². The molecule has 19 heavy (non-hydrogen) atoms. The second kappa shape index (κ2) is 6.53. The summed E-state index contributed by atoms with van der Waals surface area (Å²) in [6.45, 7) is 7.72. The van der Waals surface area contributed by atoms with Crippen molar-refractivity contribution in [2.75, 3.05) is 6.54 Å². The number of nitrogens with zero attached hydrogens (tertiary/aromatic N) is 2. The van der Waals surface area contributed by atoms with Gasteiger partial charge in [0.2, 0.25) is 0 Å². The summed E-state index contributed by atoms with van der Waals surface area (Å²) >= 11 is 0. The minimum Gasteiger partial charge on any atom is -0.308 e. The average Bonchev–Trinajstić information content (AvgIpc) is 2.89. The Morgan fingerprint density at radius 3 is 2.53 bits per heavy atom. The summed E-state index contributed by atoms with van der Waals surface area (Å²) in [5, 5.41) is 8.10. The van der Waals surface area contributed by atoms with E-state index >= 15 is 0 Å². The summed E-state index contributed by atoms with van der Waals surface area (Å²) in [5.74, 6) is 0.533. The van der Waals surface area contributed by atoms with Gasteiger partial charge in [-0.2, -0.15) is 5.10 Å². The molecule has 0 aliphatic carbocycles. The monoisotopic (exact) mass is 257 g/mol. The highest BCUT2D eigenvalue weighted by Crippen LogP contribution is 2.23. The highest BCUT2D eigenvalue weighted by molar-refractivity contribution is 5.33. The lowest BCUT2D eigenvalue weighted by molar-refractivity contribution is 0.397. The van der Waals surface area contributed by atoms with Crippen molar-refractivity contribution in [3.8, 4) is 5.69 Å². The largest absolute Gasteiger partial charge is 0.308 e. The molecule has 0 aliphatic heterocycles. The lowest BCUT2D eigenvalue weighted by atomic mass is 10.0. The van der Waals surface area contributed by atoms with Gasteiger partial charge in [-0.3, -0.25) is 0 Å². The van der Waals surface area contributed by atoms with Crippen LogP contribution < -0.4 is 5.32 Å². The standard InChI is InChI=1S/C16H23N3/c1-4-11-17-16(13(2)3)15-10-12-18-19(15)14-8-6-5-7-9-14/h5-10,12-13,16-17H,4,11H2,1-3H3. The third kappa shape index (κ3) is 3.24. The fraction of sp³-hybridized carbons (Fsp3) is 0.438. The molecule has 0 fully saturated rings. The summed E-state index contributed by atoms with van der Waals surface area (Å²) < 4.78 is 2.04. The third-order valence-electron chi connectivity index (χ3n) is 3.27. The molecule has 0 bridgehead atoms. The van der Waals surface area contributed by atoms with Crippen LogP contribution in [0.1, 0.15) is 38.9 Å². The zero-order chi connectivity index (χ0) is 13.7. The average molecular weight is 257 g/mol. The van der Waals surface area contributed by atoms with Gasteiger partial charge in [-0.25, -0.2) is 4.68 Å². The van der Waals surface area contributed by atoms with E-state index in [1.807, 2.05) is 29.1 Å². The molecule has 3 nitrogen and oxygen atoms in total. The quantitative estimate of drug-likeness (QED) is 0.857. The van der Waals surface area contributed by atoms with Crippen molar-refractivity contribution in [2.45, 2.75) is 33.2 Å². The van der Waals surface area contributed by atoms with Crippen molar-refractivity contribution in [3.05, 3.63) is 48.3 Å². The number of nitrogens with one attached hydrogen (secondary N) is 1. The first-order valence-corrected chi connectivity index (χ1v) is 7.06. The first-order chi connectivity index (χ1) is 9.24. The lowest BCUT2D eigenvalue weighted by Gasteiger charge is -2.23. The summed E-state index contributed by atoms with van der Waals surface area (Å²) in [6.07, 6.45) is 3.02. The molecule has 1 aromatic heterocycles. The van der Waals surface area contributed by atoms with Crippen LogP contribution >= 0.6 is 0 Å². The summed E-state index contributed by atoms with van der Waals surface area (Å²) in [5.41, 5.74) is 2.35. The van der Waals surface area contributed by atoms with E-state index in [1.165, 1.54) is 5.69 Å². The first-order valence-electron chi connectivity index (χ1n) is 7.06. The number of aromatic nitrogens is 2. The van der Waals surface area contributed by atoms with Crippen molar-refractivity contribution < 1.29 is 0 Å². The minimum absolute atomic E-state index is 0.336. The van der Waals surface area contributed by atoms with Crippen LogP contribution in [-0.2, 0) is 0 Å². The van der Waals surface area contributed by atoms with Gasteiger partial charge < -0.3 is 5.32 Å². The Bertz CT molecular complexity index is 488. The van der Waals surface area contributed by atoms with E-state index in [-0.39, 0.29) is 0 Å². The molecule has 102 valence electrons. The van der Waals surface area contributed by atoms with E-state index in [9.17, 15) is 0 Å². The first kappa shape index (κ1) is 13.8. The molecule has 0 aliphatic rings. The highest BCUT2D eigenvalue weighted by atomic mass is 15.3. The second-order valence-electron chi connectivity index (χ2n) is 5.18. The van der Waals surface area contributed by atoms with Gasteiger partial charge in [0.05, 0.1) is 17.4 Å². The molecule has 1 N–H and O–H groups in total. The molecule has 2 aromatic rings. The Labute approximate surface area is 115 Å². The molecule has 0 saturated carbocycles. The van der Waals surface area contributed by atoms with Crippen LogP contribution in [0.2, 0.25) is 0 Å². The van der Waals surface area contributed by atoms with Crippen molar-refractivity contribution in [2.24, 2.45) is 5.92 Å². The van der Waals surface area contributed by atoms with Crippen LogP contribution in [0.3, 0.4) is 0 Å². The lowest BCUT2D eigenvalue weighted by Crippen LogP contribution is -2.28. The zero-order valence-corrected chi connectivity index (χ0v) is 12.0. The van der Waals surface area contributed by atoms with Crippen LogP contribution in [0.25, 0.3) is 5.69 Å². The van der Waals surface area contributed by atoms with Crippen LogP contribution in [0.5, 0.6) is 0 Å². The second-order valence-corrected chi connectivity index (χ2v) is 5.18. The van der Waals surface area contributed by atoms with Gasteiger partial charge in [0.1, 0.15) is 0 Å². The fourth-order valence-corrected chi connectivity index (χ4v) is 2.32. The maximum Gasteiger partial charge on any atom is 0.0649 e. The molecule has 3 heteroatoms. The van der Waals surface area contributed by atoms with E-state index in [4.69, 9.17) is 0 Å². The van der Waals surface area contributed by atoms with Crippen molar-refractivity contribution >= 4 is 0 Å². The molecule has 1 unspecified atom stereocenters. The Morgan fingerprint density at radius 1 is 1.16 bits per heavy atom. The number of benzene rings is 1. The molecule has 0 amide bonds. The fourth-order valence-electron chi connectivity index (χ4n) is 2.32. The van der Waals surface area contributed by atoms with Crippen LogP contribution in [0, 0.1) is 5.92 Å². The van der Waals surface area contributed by atoms with Gasteiger partial charge in [-0.1, -0.05) is 39.0 Å². The third-order valence-corrected chi connectivity index (χ3v) is 3.27. The molecule has 1 atom stereocenters. The minimum atomic E-state index is 0.336. The van der Waals surface area contributed by atoms with E-state index in [0.717, 1.165) is 18.7 Å². The highest BCUT2D eigenvalue weighted by Gasteiger charge is 2.19. The Hall–Kier alpha value is -1.61. The van der Waals surface area contributed by atoms with E-state index in [2.05, 4.69) is 49.4 Å². The van der Waals surface area contributed by atoms with Gasteiger partial charge in [-0.15, -0.1) is 0 Å². The van der Waals surface area contributed by atoms with Crippen LogP contribution in [0.4, 0.5) is 0 Å². The van der Waals surface area contributed by atoms with E-state index in [1.54, 1.807) is 0 Å². The molecule has 0 radical (unpaired) electrons. The smallest absolute Gasteiger partial charge is 0.0649 e. The Kier molecular flexibility index (Phi) is 4.74.